The van der Waals surface area contributed by atoms with Crippen LogP contribution < -0.4 is 5.32 Å². The number of benzene rings is 1. The van der Waals surface area contributed by atoms with Gasteiger partial charge >= 0.3 is 0 Å². The summed E-state index contributed by atoms with van der Waals surface area (Å²) in [6.07, 6.45) is 1.18. The molecule has 1 aromatic rings. The Bertz CT molecular complexity index is 488. The van der Waals surface area contributed by atoms with Gasteiger partial charge in [-0.05, 0) is 43.9 Å². The van der Waals surface area contributed by atoms with E-state index in [0.717, 1.165) is 29.7 Å². The molecule has 2 nitrogen and oxygen atoms in total. The zero-order chi connectivity index (χ0) is 15.6. The molecule has 1 atom stereocenters. The van der Waals surface area contributed by atoms with Crippen LogP contribution in [0.2, 0.25) is 0 Å². The van der Waals surface area contributed by atoms with Crippen LogP contribution in [0.4, 0.5) is 4.39 Å². The van der Waals surface area contributed by atoms with Crippen molar-refractivity contribution in [1.29, 1.82) is 0 Å². The fourth-order valence-electron chi connectivity index (χ4n) is 3.05. The van der Waals surface area contributed by atoms with E-state index in [1.165, 1.54) is 6.42 Å². The minimum Gasteiger partial charge on any atom is -0.309 e. The molecular formula is C17H26BrFN2. The normalized spacial score (nSPS) is 22.7. The SMILES string of the molecule is CC(C)CC1CNC(C)(C)CN1Cc1ccc(F)cc1Br. The third kappa shape index (κ3) is 4.76. The number of hydrogen-bond donors (Lipinski definition) is 1. The predicted molar refractivity (Wildman–Crippen MR) is 89.8 cm³/mol. The average molecular weight is 357 g/mol. The summed E-state index contributed by atoms with van der Waals surface area (Å²) in [5.74, 6) is 0.488. The van der Waals surface area contributed by atoms with Crippen LogP contribution >= 0.6 is 15.9 Å². The summed E-state index contributed by atoms with van der Waals surface area (Å²) < 4.78 is 14.1. The first kappa shape index (κ1) is 16.9. The van der Waals surface area contributed by atoms with E-state index in [-0.39, 0.29) is 11.4 Å². The molecule has 0 amide bonds. The molecule has 0 saturated carbocycles. The highest BCUT2D eigenvalue weighted by Gasteiger charge is 2.32. The van der Waals surface area contributed by atoms with Crippen molar-refractivity contribution in [2.45, 2.75) is 52.2 Å². The molecule has 118 valence electrons. The van der Waals surface area contributed by atoms with Crippen LogP contribution in [0.5, 0.6) is 0 Å². The Morgan fingerprint density at radius 1 is 1.43 bits per heavy atom. The summed E-state index contributed by atoms with van der Waals surface area (Å²) in [5.41, 5.74) is 1.28. The Labute approximate surface area is 136 Å². The fraction of sp³-hybridized carbons (Fsp3) is 0.647. The van der Waals surface area contributed by atoms with Crippen LogP contribution in [0.15, 0.2) is 22.7 Å². The zero-order valence-corrected chi connectivity index (χ0v) is 15.0. The summed E-state index contributed by atoms with van der Waals surface area (Å²) >= 11 is 3.49. The summed E-state index contributed by atoms with van der Waals surface area (Å²) in [5, 5.41) is 3.64. The van der Waals surface area contributed by atoms with Crippen molar-refractivity contribution in [3.63, 3.8) is 0 Å². The average Bonchev–Trinajstić information content (AvgIpc) is 2.35. The van der Waals surface area contributed by atoms with Gasteiger partial charge in [0, 0.05) is 35.7 Å². The lowest BCUT2D eigenvalue weighted by atomic mass is 9.93. The topological polar surface area (TPSA) is 15.3 Å². The van der Waals surface area contributed by atoms with Crippen LogP contribution in [0, 0.1) is 11.7 Å². The molecule has 1 saturated heterocycles. The standard InChI is InChI=1S/C17H26BrFN2/c1-12(2)7-15-9-20-17(3,4)11-21(15)10-13-5-6-14(19)8-16(13)18/h5-6,8,12,15,20H,7,9-11H2,1-4H3. The van der Waals surface area contributed by atoms with E-state index < -0.39 is 0 Å². The summed E-state index contributed by atoms with van der Waals surface area (Å²) in [7, 11) is 0. The first-order valence-electron chi connectivity index (χ1n) is 7.70. The highest BCUT2D eigenvalue weighted by molar-refractivity contribution is 9.10. The minimum atomic E-state index is -0.190. The molecule has 21 heavy (non-hydrogen) atoms. The molecule has 2 rings (SSSR count). The molecule has 1 unspecified atom stereocenters. The molecule has 1 aliphatic rings. The predicted octanol–water partition coefficient (Wildman–Crippen LogP) is 4.19. The fourth-order valence-corrected chi connectivity index (χ4v) is 3.52. The van der Waals surface area contributed by atoms with Crippen LogP contribution in [-0.4, -0.2) is 29.6 Å². The van der Waals surface area contributed by atoms with Crippen LogP contribution in [0.1, 0.15) is 39.7 Å². The van der Waals surface area contributed by atoms with Gasteiger partial charge in [0.15, 0.2) is 0 Å². The van der Waals surface area contributed by atoms with Gasteiger partial charge in [-0.2, -0.15) is 0 Å². The number of piperazine rings is 1. The van der Waals surface area contributed by atoms with Crippen molar-refractivity contribution in [1.82, 2.24) is 10.2 Å². The molecule has 0 spiro atoms. The summed E-state index contributed by atoms with van der Waals surface area (Å²) in [4.78, 5) is 2.54. The number of halogens is 2. The summed E-state index contributed by atoms with van der Waals surface area (Å²) in [6, 6.07) is 5.53. The Balaban J connectivity index is 2.15. The van der Waals surface area contributed by atoms with Gasteiger partial charge in [-0.15, -0.1) is 0 Å². The molecule has 1 aromatic carbocycles. The second-order valence-corrected chi connectivity index (χ2v) is 8.04. The van der Waals surface area contributed by atoms with Gasteiger partial charge in [-0.3, -0.25) is 4.90 Å². The highest BCUT2D eigenvalue weighted by Crippen LogP contribution is 2.25. The number of hydrogen-bond acceptors (Lipinski definition) is 2. The molecule has 1 fully saturated rings. The lowest BCUT2D eigenvalue weighted by molar-refractivity contribution is 0.0758. The van der Waals surface area contributed by atoms with Crippen LogP contribution in [-0.2, 0) is 6.54 Å². The lowest BCUT2D eigenvalue weighted by Gasteiger charge is -2.45. The van der Waals surface area contributed by atoms with Gasteiger partial charge in [0.2, 0.25) is 0 Å². The smallest absolute Gasteiger partial charge is 0.124 e. The molecule has 0 aromatic heterocycles. The maximum absolute atomic E-state index is 13.2. The van der Waals surface area contributed by atoms with Crippen molar-refractivity contribution in [2.24, 2.45) is 5.92 Å². The third-order valence-electron chi connectivity index (χ3n) is 4.06. The van der Waals surface area contributed by atoms with Gasteiger partial charge < -0.3 is 5.32 Å². The van der Waals surface area contributed by atoms with Gasteiger partial charge in [0.05, 0.1) is 0 Å². The van der Waals surface area contributed by atoms with E-state index in [2.05, 4.69) is 53.8 Å². The van der Waals surface area contributed by atoms with Gasteiger partial charge in [-0.1, -0.05) is 35.8 Å². The van der Waals surface area contributed by atoms with Gasteiger partial charge in [-0.25, -0.2) is 4.39 Å². The summed E-state index contributed by atoms with van der Waals surface area (Å²) in [6.45, 7) is 11.9. The number of rotatable bonds is 4. The maximum Gasteiger partial charge on any atom is 0.124 e. The Hall–Kier alpha value is -0.450. The second kappa shape index (κ2) is 6.76. The molecular weight excluding hydrogens is 331 g/mol. The van der Waals surface area contributed by atoms with Crippen molar-refractivity contribution >= 4 is 15.9 Å². The van der Waals surface area contributed by atoms with E-state index >= 15 is 0 Å². The lowest BCUT2D eigenvalue weighted by Crippen LogP contribution is -2.61. The second-order valence-electron chi connectivity index (χ2n) is 7.19. The van der Waals surface area contributed by atoms with Crippen LogP contribution in [0.3, 0.4) is 0 Å². The van der Waals surface area contributed by atoms with Crippen molar-refractivity contribution in [3.05, 3.63) is 34.1 Å². The molecule has 1 N–H and O–H groups in total. The maximum atomic E-state index is 13.2. The molecule has 0 aliphatic carbocycles. The van der Waals surface area contributed by atoms with E-state index in [4.69, 9.17) is 0 Å². The molecule has 4 heteroatoms. The number of nitrogens with zero attached hydrogens (tertiary/aromatic N) is 1. The van der Waals surface area contributed by atoms with E-state index in [0.29, 0.717) is 12.0 Å². The highest BCUT2D eigenvalue weighted by atomic mass is 79.9. The Morgan fingerprint density at radius 2 is 2.14 bits per heavy atom. The van der Waals surface area contributed by atoms with Crippen molar-refractivity contribution < 1.29 is 4.39 Å². The Kier molecular flexibility index (Phi) is 5.44. The molecule has 1 heterocycles. The molecule has 0 bridgehead atoms. The minimum absolute atomic E-state index is 0.125. The number of nitrogens with one attached hydrogen (secondary N) is 1. The van der Waals surface area contributed by atoms with Gasteiger partial charge in [0.1, 0.15) is 5.82 Å². The van der Waals surface area contributed by atoms with Crippen molar-refractivity contribution in [3.8, 4) is 0 Å². The molecule has 0 radical (unpaired) electrons. The van der Waals surface area contributed by atoms with E-state index in [1.54, 1.807) is 12.1 Å². The Morgan fingerprint density at radius 3 is 2.76 bits per heavy atom. The largest absolute Gasteiger partial charge is 0.309 e. The molecule has 1 aliphatic heterocycles. The monoisotopic (exact) mass is 356 g/mol. The first-order valence-corrected chi connectivity index (χ1v) is 8.49. The van der Waals surface area contributed by atoms with Gasteiger partial charge in [0.25, 0.3) is 0 Å². The zero-order valence-electron chi connectivity index (χ0n) is 13.4. The quantitative estimate of drug-likeness (QED) is 0.869. The first-order chi connectivity index (χ1) is 9.77. The van der Waals surface area contributed by atoms with E-state index in [1.807, 2.05) is 6.07 Å². The van der Waals surface area contributed by atoms with E-state index in [9.17, 15) is 4.39 Å². The van der Waals surface area contributed by atoms with Crippen molar-refractivity contribution in [2.75, 3.05) is 13.1 Å². The third-order valence-corrected chi connectivity index (χ3v) is 4.80. The van der Waals surface area contributed by atoms with Crippen LogP contribution in [0.25, 0.3) is 0 Å².